The molecule has 2 aliphatic heterocycles. The van der Waals surface area contributed by atoms with Crippen LogP contribution in [0.1, 0.15) is 30.9 Å². The lowest BCUT2D eigenvalue weighted by atomic mass is 9.86. The molecule has 2 heterocycles. The van der Waals surface area contributed by atoms with Crippen LogP contribution in [0.25, 0.3) is 0 Å². The Morgan fingerprint density at radius 2 is 2.05 bits per heavy atom. The fourth-order valence-corrected chi connectivity index (χ4v) is 3.01. The molecule has 2 N–H and O–H groups in total. The average Bonchev–Trinajstić information content (AvgIpc) is 2.47. The Kier molecular flexibility index (Phi) is 3.62. The van der Waals surface area contributed by atoms with Crippen LogP contribution in [0, 0.1) is 5.92 Å². The Hall–Kier alpha value is -1.26. The molecule has 4 nitrogen and oxygen atoms in total. The molecule has 0 radical (unpaired) electrons. The van der Waals surface area contributed by atoms with E-state index in [0.29, 0.717) is 5.92 Å². The van der Waals surface area contributed by atoms with Gasteiger partial charge in [0, 0.05) is 43.2 Å². The molecular formula is C15H21NO3. The van der Waals surface area contributed by atoms with Gasteiger partial charge in [-0.15, -0.1) is 0 Å². The van der Waals surface area contributed by atoms with Crippen LogP contribution in [0.2, 0.25) is 0 Å². The van der Waals surface area contributed by atoms with Gasteiger partial charge in [-0.1, -0.05) is 6.07 Å². The molecule has 1 aromatic carbocycles. The number of benzene rings is 1. The number of hydrogen-bond acceptors (Lipinski definition) is 4. The molecule has 2 atom stereocenters. The van der Waals surface area contributed by atoms with Crippen molar-refractivity contribution in [3.05, 3.63) is 23.8 Å². The van der Waals surface area contributed by atoms with Gasteiger partial charge in [0.2, 0.25) is 0 Å². The van der Waals surface area contributed by atoms with Crippen LogP contribution in [-0.2, 0) is 4.74 Å². The van der Waals surface area contributed by atoms with E-state index in [9.17, 15) is 0 Å². The van der Waals surface area contributed by atoms with Crippen LogP contribution in [0.15, 0.2) is 18.2 Å². The lowest BCUT2D eigenvalue weighted by Crippen LogP contribution is -2.37. The van der Waals surface area contributed by atoms with Gasteiger partial charge in [0.05, 0.1) is 7.11 Å². The Bertz CT molecular complexity index is 443. The molecule has 2 aliphatic rings. The first-order chi connectivity index (χ1) is 9.28. The minimum atomic E-state index is 0.0579. The fraction of sp³-hybridized carbons (Fsp3) is 0.600. The Morgan fingerprint density at radius 1 is 1.26 bits per heavy atom. The summed E-state index contributed by atoms with van der Waals surface area (Å²) >= 11 is 0. The standard InChI is InChI=1S/C15H21NO3/c1-17-11-2-3-12-13(16)9-14(19-15(12)8-11)10-4-6-18-7-5-10/h2-3,8,10,13-14H,4-7,9,16H2,1H3. The van der Waals surface area contributed by atoms with E-state index in [1.807, 2.05) is 18.2 Å². The summed E-state index contributed by atoms with van der Waals surface area (Å²) in [5, 5.41) is 0. The van der Waals surface area contributed by atoms with Crippen molar-refractivity contribution in [2.24, 2.45) is 11.7 Å². The van der Waals surface area contributed by atoms with Crippen molar-refractivity contribution < 1.29 is 14.2 Å². The highest BCUT2D eigenvalue weighted by Gasteiger charge is 2.32. The van der Waals surface area contributed by atoms with Crippen molar-refractivity contribution >= 4 is 0 Å². The van der Waals surface area contributed by atoms with E-state index in [0.717, 1.165) is 49.5 Å². The Balaban J connectivity index is 1.81. The average molecular weight is 263 g/mol. The van der Waals surface area contributed by atoms with E-state index in [1.54, 1.807) is 7.11 Å². The van der Waals surface area contributed by atoms with Crippen molar-refractivity contribution in [3.63, 3.8) is 0 Å². The second-order valence-electron chi connectivity index (χ2n) is 5.35. The number of fused-ring (bicyclic) bond motifs is 1. The van der Waals surface area contributed by atoms with Crippen molar-refractivity contribution in [1.29, 1.82) is 0 Å². The number of ether oxygens (including phenoxy) is 3. The van der Waals surface area contributed by atoms with Crippen molar-refractivity contribution in [2.45, 2.75) is 31.4 Å². The summed E-state index contributed by atoms with van der Waals surface area (Å²) in [7, 11) is 1.67. The monoisotopic (exact) mass is 263 g/mol. The zero-order valence-corrected chi connectivity index (χ0v) is 11.3. The minimum absolute atomic E-state index is 0.0579. The van der Waals surface area contributed by atoms with Gasteiger partial charge in [0.1, 0.15) is 17.6 Å². The third kappa shape index (κ3) is 2.55. The summed E-state index contributed by atoms with van der Waals surface area (Å²) in [4.78, 5) is 0. The van der Waals surface area contributed by atoms with Crippen LogP contribution in [0.4, 0.5) is 0 Å². The Morgan fingerprint density at radius 3 is 2.79 bits per heavy atom. The largest absolute Gasteiger partial charge is 0.497 e. The predicted octanol–water partition coefficient (Wildman–Crippen LogP) is 2.27. The number of nitrogens with two attached hydrogens (primary N) is 1. The van der Waals surface area contributed by atoms with Gasteiger partial charge in [0.25, 0.3) is 0 Å². The van der Waals surface area contributed by atoms with E-state index in [2.05, 4.69) is 0 Å². The maximum atomic E-state index is 6.28. The maximum Gasteiger partial charge on any atom is 0.128 e. The van der Waals surface area contributed by atoms with E-state index in [4.69, 9.17) is 19.9 Å². The molecule has 104 valence electrons. The number of hydrogen-bond donors (Lipinski definition) is 1. The first-order valence-electron chi connectivity index (χ1n) is 6.96. The molecule has 19 heavy (non-hydrogen) atoms. The Labute approximate surface area is 113 Å². The first kappa shape index (κ1) is 12.8. The number of methoxy groups -OCH3 is 1. The zero-order chi connectivity index (χ0) is 13.2. The number of rotatable bonds is 2. The smallest absolute Gasteiger partial charge is 0.128 e. The fourth-order valence-electron chi connectivity index (χ4n) is 3.01. The third-order valence-corrected chi connectivity index (χ3v) is 4.18. The summed E-state index contributed by atoms with van der Waals surface area (Å²) < 4.78 is 16.8. The lowest BCUT2D eigenvalue weighted by molar-refractivity contribution is 0.00722. The van der Waals surface area contributed by atoms with Crippen LogP contribution in [-0.4, -0.2) is 26.4 Å². The lowest BCUT2D eigenvalue weighted by Gasteiger charge is -2.36. The van der Waals surface area contributed by atoms with Gasteiger partial charge >= 0.3 is 0 Å². The second-order valence-corrected chi connectivity index (χ2v) is 5.35. The van der Waals surface area contributed by atoms with Gasteiger partial charge in [0.15, 0.2) is 0 Å². The molecule has 0 amide bonds. The normalized spacial score (nSPS) is 27.5. The van der Waals surface area contributed by atoms with Gasteiger partial charge < -0.3 is 19.9 Å². The quantitative estimate of drug-likeness (QED) is 0.889. The molecular weight excluding hydrogens is 242 g/mol. The van der Waals surface area contributed by atoms with Crippen LogP contribution < -0.4 is 15.2 Å². The molecule has 0 bridgehead atoms. The molecule has 4 heteroatoms. The van der Waals surface area contributed by atoms with Crippen LogP contribution >= 0.6 is 0 Å². The molecule has 0 spiro atoms. The van der Waals surface area contributed by atoms with Crippen molar-refractivity contribution in [3.8, 4) is 11.5 Å². The molecule has 1 aromatic rings. The van der Waals surface area contributed by atoms with E-state index < -0.39 is 0 Å². The molecule has 0 aliphatic carbocycles. The zero-order valence-electron chi connectivity index (χ0n) is 11.3. The van der Waals surface area contributed by atoms with E-state index >= 15 is 0 Å². The summed E-state index contributed by atoms with van der Waals surface area (Å²) in [5.41, 5.74) is 7.37. The summed E-state index contributed by atoms with van der Waals surface area (Å²) in [5.74, 6) is 2.26. The van der Waals surface area contributed by atoms with Gasteiger partial charge in [-0.05, 0) is 18.9 Å². The first-order valence-corrected chi connectivity index (χ1v) is 6.96. The molecule has 3 rings (SSSR count). The van der Waals surface area contributed by atoms with Crippen LogP contribution in [0.3, 0.4) is 0 Å². The molecule has 0 aromatic heterocycles. The molecule has 1 fully saturated rings. The molecule has 0 saturated carbocycles. The molecule has 1 saturated heterocycles. The highest BCUT2D eigenvalue weighted by atomic mass is 16.5. The predicted molar refractivity (Wildman–Crippen MR) is 72.5 cm³/mol. The summed E-state index contributed by atoms with van der Waals surface area (Å²) in [6.07, 6.45) is 3.23. The van der Waals surface area contributed by atoms with Crippen LogP contribution in [0.5, 0.6) is 11.5 Å². The molecule has 2 unspecified atom stereocenters. The van der Waals surface area contributed by atoms with E-state index in [-0.39, 0.29) is 12.1 Å². The van der Waals surface area contributed by atoms with Crippen molar-refractivity contribution in [1.82, 2.24) is 0 Å². The highest BCUT2D eigenvalue weighted by molar-refractivity contribution is 5.43. The minimum Gasteiger partial charge on any atom is -0.497 e. The summed E-state index contributed by atoms with van der Waals surface area (Å²) in [6.45, 7) is 1.68. The third-order valence-electron chi connectivity index (χ3n) is 4.18. The van der Waals surface area contributed by atoms with E-state index in [1.165, 1.54) is 0 Å². The van der Waals surface area contributed by atoms with Gasteiger partial charge in [-0.3, -0.25) is 0 Å². The van der Waals surface area contributed by atoms with Gasteiger partial charge in [-0.2, -0.15) is 0 Å². The highest BCUT2D eigenvalue weighted by Crippen LogP contribution is 2.39. The SMILES string of the molecule is COc1ccc2c(c1)OC(C1CCOCC1)CC2N. The second kappa shape index (κ2) is 5.39. The maximum absolute atomic E-state index is 6.28. The summed E-state index contributed by atoms with van der Waals surface area (Å²) in [6, 6.07) is 5.96. The van der Waals surface area contributed by atoms with Crippen molar-refractivity contribution in [2.75, 3.05) is 20.3 Å². The topological polar surface area (TPSA) is 53.7 Å². The van der Waals surface area contributed by atoms with Gasteiger partial charge in [-0.25, -0.2) is 0 Å².